The molecule has 1 aromatic rings. The molecule has 0 saturated carbocycles. The van der Waals surface area contributed by atoms with E-state index < -0.39 is 0 Å². The van der Waals surface area contributed by atoms with Gasteiger partial charge in [0.25, 0.3) is 0 Å². The monoisotopic (exact) mass is 222 g/mol. The van der Waals surface area contributed by atoms with Gasteiger partial charge in [0.15, 0.2) is 0 Å². The predicted octanol–water partition coefficient (Wildman–Crippen LogP) is 2.27. The highest BCUT2D eigenvalue weighted by Gasteiger charge is 2.17. The van der Waals surface area contributed by atoms with E-state index in [4.69, 9.17) is 4.74 Å². The van der Waals surface area contributed by atoms with Gasteiger partial charge in [-0.3, -0.25) is 4.79 Å². The molecule has 0 aliphatic rings. The molecule has 4 nitrogen and oxygen atoms in total. The van der Waals surface area contributed by atoms with Crippen LogP contribution in [0.15, 0.2) is 6.07 Å². The predicted molar refractivity (Wildman–Crippen MR) is 61.7 cm³/mol. The first-order valence-electron chi connectivity index (χ1n) is 5.57. The van der Waals surface area contributed by atoms with Crippen LogP contribution >= 0.6 is 0 Å². The lowest BCUT2D eigenvalue weighted by Crippen LogP contribution is -2.11. The fourth-order valence-electron chi connectivity index (χ4n) is 1.67. The average Bonchev–Trinajstić information content (AvgIpc) is 2.17. The van der Waals surface area contributed by atoms with Gasteiger partial charge in [-0.05, 0) is 27.2 Å². The van der Waals surface area contributed by atoms with Crippen molar-refractivity contribution in [3.8, 4) is 5.88 Å². The normalized spacial score (nSPS) is 12.2. The number of hydrogen-bond donors (Lipinski definition) is 0. The molecular weight excluding hydrogens is 204 g/mol. The Balaban J connectivity index is 3.07. The SMILES string of the molecule is CCOc1cc(C(CC)C(C)=O)nc(C)n1. The fraction of sp³-hybridized carbons (Fsp3) is 0.583. The molecule has 0 aliphatic carbocycles. The minimum absolute atomic E-state index is 0.128. The summed E-state index contributed by atoms with van der Waals surface area (Å²) in [5, 5.41) is 0. The number of nitrogens with zero attached hydrogens (tertiary/aromatic N) is 2. The first kappa shape index (κ1) is 12.6. The zero-order chi connectivity index (χ0) is 12.1. The Morgan fingerprint density at radius 2 is 2.12 bits per heavy atom. The maximum atomic E-state index is 11.5. The van der Waals surface area contributed by atoms with E-state index in [2.05, 4.69) is 9.97 Å². The molecule has 0 aliphatic heterocycles. The number of rotatable bonds is 5. The third kappa shape index (κ3) is 3.02. The van der Waals surface area contributed by atoms with Crippen molar-refractivity contribution < 1.29 is 9.53 Å². The Bertz CT molecular complexity index is 377. The maximum absolute atomic E-state index is 11.5. The van der Waals surface area contributed by atoms with E-state index >= 15 is 0 Å². The summed E-state index contributed by atoms with van der Waals surface area (Å²) in [4.78, 5) is 19.9. The third-order valence-corrected chi connectivity index (χ3v) is 2.38. The molecule has 1 atom stereocenters. The van der Waals surface area contributed by atoms with E-state index in [1.165, 1.54) is 0 Å². The first-order chi connectivity index (χ1) is 7.58. The topological polar surface area (TPSA) is 52.1 Å². The van der Waals surface area contributed by atoms with Crippen LogP contribution < -0.4 is 4.74 Å². The van der Waals surface area contributed by atoms with E-state index in [1.54, 1.807) is 19.9 Å². The largest absolute Gasteiger partial charge is 0.478 e. The number of ether oxygens (including phenoxy) is 1. The number of carbonyl (C=O) groups excluding carboxylic acids is 1. The summed E-state index contributed by atoms with van der Waals surface area (Å²) in [5.41, 5.74) is 0.756. The standard InChI is InChI=1S/C12H18N2O2/c1-5-10(8(3)15)11-7-12(16-6-2)14-9(4)13-11/h7,10H,5-6H2,1-4H3. The summed E-state index contributed by atoms with van der Waals surface area (Å²) in [6, 6.07) is 1.76. The van der Waals surface area contributed by atoms with Crippen LogP contribution in [0.25, 0.3) is 0 Å². The zero-order valence-electron chi connectivity index (χ0n) is 10.3. The molecule has 1 rings (SSSR count). The Hall–Kier alpha value is -1.45. The number of aromatic nitrogens is 2. The van der Waals surface area contributed by atoms with E-state index in [1.807, 2.05) is 13.8 Å². The third-order valence-electron chi connectivity index (χ3n) is 2.38. The van der Waals surface area contributed by atoms with Crippen LogP contribution in [0, 0.1) is 6.92 Å². The second kappa shape index (κ2) is 5.58. The Kier molecular flexibility index (Phi) is 4.40. The lowest BCUT2D eigenvalue weighted by Gasteiger charge is -2.12. The van der Waals surface area contributed by atoms with Crippen LogP contribution in [-0.2, 0) is 4.79 Å². The van der Waals surface area contributed by atoms with E-state index in [0.717, 1.165) is 12.1 Å². The molecule has 0 bridgehead atoms. The van der Waals surface area contributed by atoms with Crippen molar-refractivity contribution in [2.45, 2.75) is 40.0 Å². The molecule has 88 valence electrons. The van der Waals surface area contributed by atoms with Gasteiger partial charge in [0.05, 0.1) is 18.2 Å². The number of ketones is 1. The van der Waals surface area contributed by atoms with Crippen molar-refractivity contribution in [2.24, 2.45) is 0 Å². The van der Waals surface area contributed by atoms with Crippen LogP contribution in [-0.4, -0.2) is 22.4 Å². The van der Waals surface area contributed by atoms with Crippen molar-refractivity contribution in [2.75, 3.05) is 6.61 Å². The molecule has 0 aromatic carbocycles. The summed E-state index contributed by atoms with van der Waals surface area (Å²) in [6.45, 7) is 7.83. The van der Waals surface area contributed by atoms with Crippen LogP contribution in [0.2, 0.25) is 0 Å². The van der Waals surface area contributed by atoms with Crippen molar-refractivity contribution in [3.63, 3.8) is 0 Å². The van der Waals surface area contributed by atoms with Gasteiger partial charge in [-0.15, -0.1) is 0 Å². The van der Waals surface area contributed by atoms with Gasteiger partial charge in [-0.2, -0.15) is 4.98 Å². The highest BCUT2D eigenvalue weighted by molar-refractivity contribution is 5.82. The molecule has 1 aromatic heterocycles. The molecule has 0 fully saturated rings. The summed E-state index contributed by atoms with van der Waals surface area (Å²) in [7, 11) is 0. The molecule has 0 radical (unpaired) electrons. The lowest BCUT2D eigenvalue weighted by atomic mass is 9.98. The summed E-state index contributed by atoms with van der Waals surface area (Å²) in [5.74, 6) is 1.16. The van der Waals surface area contributed by atoms with Crippen molar-refractivity contribution in [1.82, 2.24) is 9.97 Å². The van der Waals surface area contributed by atoms with Gasteiger partial charge >= 0.3 is 0 Å². The van der Waals surface area contributed by atoms with Gasteiger partial charge < -0.3 is 4.74 Å². The number of hydrogen-bond acceptors (Lipinski definition) is 4. The molecular formula is C12H18N2O2. The van der Waals surface area contributed by atoms with E-state index in [0.29, 0.717) is 18.3 Å². The molecule has 1 heterocycles. The molecule has 4 heteroatoms. The smallest absolute Gasteiger partial charge is 0.216 e. The molecule has 0 N–H and O–H groups in total. The maximum Gasteiger partial charge on any atom is 0.216 e. The molecule has 16 heavy (non-hydrogen) atoms. The summed E-state index contributed by atoms with van der Waals surface area (Å²) in [6.07, 6.45) is 0.747. The number of aryl methyl sites for hydroxylation is 1. The van der Waals surface area contributed by atoms with Crippen LogP contribution in [0.1, 0.15) is 44.6 Å². The second-order valence-electron chi connectivity index (χ2n) is 3.68. The Morgan fingerprint density at radius 1 is 1.44 bits per heavy atom. The molecule has 1 unspecified atom stereocenters. The number of carbonyl (C=O) groups is 1. The first-order valence-corrected chi connectivity index (χ1v) is 5.57. The Morgan fingerprint density at radius 3 is 2.62 bits per heavy atom. The summed E-state index contributed by atoms with van der Waals surface area (Å²) < 4.78 is 5.34. The van der Waals surface area contributed by atoms with Gasteiger partial charge in [-0.25, -0.2) is 4.98 Å². The van der Waals surface area contributed by atoms with E-state index in [9.17, 15) is 4.79 Å². The molecule has 0 saturated heterocycles. The van der Waals surface area contributed by atoms with Gasteiger partial charge in [-0.1, -0.05) is 6.92 Å². The van der Waals surface area contributed by atoms with Crippen molar-refractivity contribution >= 4 is 5.78 Å². The fourth-order valence-corrected chi connectivity index (χ4v) is 1.67. The minimum Gasteiger partial charge on any atom is -0.478 e. The van der Waals surface area contributed by atoms with Crippen LogP contribution in [0.3, 0.4) is 0 Å². The van der Waals surface area contributed by atoms with E-state index in [-0.39, 0.29) is 11.7 Å². The Labute approximate surface area is 96.1 Å². The minimum atomic E-state index is -0.152. The quantitative estimate of drug-likeness (QED) is 0.766. The zero-order valence-corrected chi connectivity index (χ0v) is 10.3. The highest BCUT2D eigenvalue weighted by atomic mass is 16.5. The van der Waals surface area contributed by atoms with Gasteiger partial charge in [0.2, 0.25) is 5.88 Å². The molecule has 0 amide bonds. The van der Waals surface area contributed by atoms with Gasteiger partial charge in [0.1, 0.15) is 11.6 Å². The van der Waals surface area contributed by atoms with Crippen LogP contribution in [0.5, 0.6) is 5.88 Å². The highest BCUT2D eigenvalue weighted by Crippen LogP contribution is 2.21. The second-order valence-corrected chi connectivity index (χ2v) is 3.68. The average molecular weight is 222 g/mol. The molecule has 0 spiro atoms. The number of Topliss-reactive ketones (excluding diaryl/α,β-unsaturated/α-hetero) is 1. The summed E-state index contributed by atoms with van der Waals surface area (Å²) >= 11 is 0. The van der Waals surface area contributed by atoms with Gasteiger partial charge in [0, 0.05) is 6.07 Å². The van der Waals surface area contributed by atoms with Crippen LogP contribution in [0.4, 0.5) is 0 Å². The lowest BCUT2D eigenvalue weighted by molar-refractivity contribution is -0.118. The van der Waals surface area contributed by atoms with Crippen molar-refractivity contribution in [3.05, 3.63) is 17.6 Å². The van der Waals surface area contributed by atoms with Crippen molar-refractivity contribution in [1.29, 1.82) is 0 Å².